The van der Waals surface area contributed by atoms with E-state index in [-0.39, 0.29) is 11.3 Å². The first-order valence-corrected chi connectivity index (χ1v) is 6.82. The van der Waals surface area contributed by atoms with Crippen LogP contribution in [0.2, 0.25) is 10.0 Å². The summed E-state index contributed by atoms with van der Waals surface area (Å²) in [7, 11) is 0. The minimum Gasteiger partial charge on any atom is -0.507 e. The molecule has 0 unspecified atom stereocenters. The number of rotatable bonds is 3. The second kappa shape index (κ2) is 6.61. The fourth-order valence-corrected chi connectivity index (χ4v) is 1.94. The molecule has 0 saturated heterocycles. The van der Waals surface area contributed by atoms with E-state index in [1.807, 2.05) is 0 Å². The number of amides is 1. The van der Waals surface area contributed by atoms with Crippen molar-refractivity contribution in [1.82, 2.24) is 5.43 Å². The highest BCUT2D eigenvalue weighted by Gasteiger charge is 2.10. The number of phenols is 1. The fraction of sp³-hybridized carbons (Fsp3) is 0.0667. The molecule has 0 radical (unpaired) electrons. The quantitative estimate of drug-likeness (QED) is 0.666. The Bertz CT molecular complexity index is 697. The summed E-state index contributed by atoms with van der Waals surface area (Å²) < 4.78 is 0. The first kappa shape index (κ1) is 15.4. The van der Waals surface area contributed by atoms with Crippen LogP contribution in [0, 0.1) is 0 Å². The average Bonchev–Trinajstić information content (AvgIpc) is 2.45. The molecule has 0 aliphatic rings. The van der Waals surface area contributed by atoms with Crippen LogP contribution in [-0.4, -0.2) is 16.7 Å². The number of nitrogens with zero attached hydrogens (tertiary/aromatic N) is 1. The van der Waals surface area contributed by atoms with Gasteiger partial charge in [-0.05, 0) is 42.8 Å². The fourth-order valence-electron chi connectivity index (χ4n) is 1.65. The molecule has 0 aromatic heterocycles. The maximum atomic E-state index is 11.9. The van der Waals surface area contributed by atoms with E-state index in [0.29, 0.717) is 15.8 Å². The van der Waals surface area contributed by atoms with Crippen LogP contribution in [0.15, 0.2) is 47.6 Å². The summed E-state index contributed by atoms with van der Waals surface area (Å²) in [5.74, 6) is -0.711. The second-order valence-corrected chi connectivity index (χ2v) is 5.18. The van der Waals surface area contributed by atoms with Crippen LogP contribution in [0.3, 0.4) is 0 Å². The maximum Gasteiger partial charge on any atom is 0.275 e. The number of aromatic hydroxyl groups is 1. The van der Waals surface area contributed by atoms with Crippen LogP contribution >= 0.6 is 23.2 Å². The molecule has 0 atom stereocenters. The second-order valence-electron chi connectivity index (χ2n) is 4.31. The number of carbonyl (C=O) groups is 1. The highest BCUT2D eigenvalue weighted by Crippen LogP contribution is 2.21. The van der Waals surface area contributed by atoms with Crippen molar-refractivity contribution in [3.63, 3.8) is 0 Å². The van der Waals surface area contributed by atoms with E-state index in [2.05, 4.69) is 10.5 Å². The summed E-state index contributed by atoms with van der Waals surface area (Å²) in [5, 5.41) is 14.6. The third kappa shape index (κ3) is 3.97. The number of benzene rings is 2. The van der Waals surface area contributed by atoms with E-state index in [9.17, 15) is 9.90 Å². The van der Waals surface area contributed by atoms with Crippen molar-refractivity contribution in [2.24, 2.45) is 5.10 Å². The van der Waals surface area contributed by atoms with Crippen molar-refractivity contribution in [3.8, 4) is 5.75 Å². The largest absolute Gasteiger partial charge is 0.507 e. The third-order valence-corrected chi connectivity index (χ3v) is 3.28. The lowest BCUT2D eigenvalue weighted by Gasteiger charge is -2.05. The van der Waals surface area contributed by atoms with E-state index in [1.165, 1.54) is 18.2 Å². The zero-order chi connectivity index (χ0) is 15.4. The molecule has 21 heavy (non-hydrogen) atoms. The van der Waals surface area contributed by atoms with Gasteiger partial charge in [0, 0.05) is 10.0 Å². The Morgan fingerprint density at radius 3 is 2.33 bits per heavy atom. The van der Waals surface area contributed by atoms with Crippen molar-refractivity contribution < 1.29 is 9.90 Å². The number of nitrogens with one attached hydrogen (secondary N) is 1. The normalized spacial score (nSPS) is 11.3. The van der Waals surface area contributed by atoms with Gasteiger partial charge in [-0.15, -0.1) is 0 Å². The van der Waals surface area contributed by atoms with Gasteiger partial charge in [0.15, 0.2) is 0 Å². The molecule has 2 N–H and O–H groups in total. The standard InChI is InChI=1S/C15H12Cl2N2O2/c1-9(10-2-4-11(16)5-3-10)18-19-15(21)13-7-6-12(17)8-14(13)20/h2-8,20H,1H3,(H,19,21)/b18-9+. The molecule has 0 bridgehead atoms. The molecular weight excluding hydrogens is 311 g/mol. The molecule has 6 heteroatoms. The third-order valence-electron chi connectivity index (χ3n) is 2.79. The summed E-state index contributed by atoms with van der Waals surface area (Å²) in [6.45, 7) is 1.76. The average molecular weight is 323 g/mol. The Balaban J connectivity index is 2.12. The number of hydrogen-bond acceptors (Lipinski definition) is 3. The van der Waals surface area contributed by atoms with Gasteiger partial charge in [-0.3, -0.25) is 4.79 Å². The highest BCUT2D eigenvalue weighted by molar-refractivity contribution is 6.31. The molecule has 0 aliphatic heterocycles. The maximum absolute atomic E-state index is 11.9. The molecule has 2 aromatic rings. The summed E-state index contributed by atoms with van der Waals surface area (Å²) in [4.78, 5) is 11.9. The molecule has 0 saturated carbocycles. The van der Waals surface area contributed by atoms with Crippen LogP contribution in [0.1, 0.15) is 22.8 Å². The molecule has 0 fully saturated rings. The molecule has 4 nitrogen and oxygen atoms in total. The lowest BCUT2D eigenvalue weighted by Crippen LogP contribution is -2.19. The van der Waals surface area contributed by atoms with Crippen molar-refractivity contribution in [2.75, 3.05) is 0 Å². The molecular formula is C15H12Cl2N2O2. The van der Waals surface area contributed by atoms with Crippen LogP contribution in [0.4, 0.5) is 0 Å². The minimum atomic E-state index is -0.516. The lowest BCUT2D eigenvalue weighted by molar-refractivity contribution is 0.0952. The Labute approximate surface area is 132 Å². The first-order chi connectivity index (χ1) is 9.97. The molecule has 108 valence electrons. The van der Waals surface area contributed by atoms with Gasteiger partial charge in [0.1, 0.15) is 5.75 Å². The zero-order valence-corrected chi connectivity index (χ0v) is 12.6. The van der Waals surface area contributed by atoms with E-state index in [4.69, 9.17) is 23.2 Å². The van der Waals surface area contributed by atoms with Gasteiger partial charge in [-0.25, -0.2) is 5.43 Å². The number of hydrogen-bond donors (Lipinski definition) is 2. The molecule has 0 heterocycles. The molecule has 0 aliphatic carbocycles. The minimum absolute atomic E-state index is 0.104. The number of hydrazone groups is 1. The van der Waals surface area contributed by atoms with Crippen molar-refractivity contribution in [2.45, 2.75) is 6.92 Å². The zero-order valence-electron chi connectivity index (χ0n) is 11.1. The summed E-state index contributed by atoms with van der Waals surface area (Å²) in [6.07, 6.45) is 0. The van der Waals surface area contributed by atoms with E-state index >= 15 is 0 Å². The van der Waals surface area contributed by atoms with Gasteiger partial charge in [-0.1, -0.05) is 35.3 Å². The van der Waals surface area contributed by atoms with Gasteiger partial charge in [-0.2, -0.15) is 5.10 Å². The van der Waals surface area contributed by atoms with E-state index < -0.39 is 5.91 Å². The molecule has 1 amide bonds. The topological polar surface area (TPSA) is 61.7 Å². The van der Waals surface area contributed by atoms with Gasteiger partial charge in [0.05, 0.1) is 11.3 Å². The Hall–Kier alpha value is -2.04. The van der Waals surface area contributed by atoms with Gasteiger partial charge >= 0.3 is 0 Å². The predicted octanol–water partition coefficient (Wildman–Crippen LogP) is 3.85. The van der Waals surface area contributed by atoms with E-state index in [1.54, 1.807) is 31.2 Å². The lowest BCUT2D eigenvalue weighted by atomic mass is 10.1. The van der Waals surface area contributed by atoms with Crippen LogP contribution < -0.4 is 5.43 Å². The van der Waals surface area contributed by atoms with Crippen LogP contribution in [0.5, 0.6) is 5.75 Å². The van der Waals surface area contributed by atoms with Gasteiger partial charge in [0.25, 0.3) is 5.91 Å². The number of halogens is 2. The summed E-state index contributed by atoms with van der Waals surface area (Å²) in [6, 6.07) is 11.3. The van der Waals surface area contributed by atoms with Crippen LogP contribution in [-0.2, 0) is 0 Å². The van der Waals surface area contributed by atoms with Crippen molar-refractivity contribution in [1.29, 1.82) is 0 Å². The van der Waals surface area contributed by atoms with Crippen LogP contribution in [0.25, 0.3) is 0 Å². The molecule has 2 rings (SSSR count). The molecule has 2 aromatic carbocycles. The first-order valence-electron chi connectivity index (χ1n) is 6.06. The highest BCUT2D eigenvalue weighted by atomic mass is 35.5. The SMILES string of the molecule is C/C(=N\NC(=O)c1ccc(Cl)cc1O)c1ccc(Cl)cc1. The number of phenolic OH excluding ortho intramolecular Hbond substituents is 1. The van der Waals surface area contributed by atoms with E-state index in [0.717, 1.165) is 5.56 Å². The Kier molecular flexibility index (Phi) is 4.83. The Morgan fingerprint density at radius 2 is 1.71 bits per heavy atom. The van der Waals surface area contributed by atoms with Crippen molar-refractivity contribution >= 4 is 34.8 Å². The van der Waals surface area contributed by atoms with Crippen molar-refractivity contribution in [3.05, 3.63) is 63.6 Å². The summed E-state index contributed by atoms with van der Waals surface area (Å²) in [5.41, 5.74) is 3.94. The van der Waals surface area contributed by atoms with Gasteiger partial charge in [0.2, 0.25) is 0 Å². The number of carbonyl (C=O) groups excluding carboxylic acids is 1. The monoisotopic (exact) mass is 322 g/mol. The molecule has 0 spiro atoms. The predicted molar refractivity (Wildman–Crippen MR) is 84.2 cm³/mol. The summed E-state index contributed by atoms with van der Waals surface area (Å²) >= 11 is 11.5. The smallest absolute Gasteiger partial charge is 0.275 e. The Morgan fingerprint density at radius 1 is 1.10 bits per heavy atom. The van der Waals surface area contributed by atoms with Gasteiger partial charge < -0.3 is 5.11 Å².